The Bertz CT molecular complexity index is 1180. The molecule has 1 aliphatic rings. The molecule has 11 heteroatoms. The van der Waals surface area contributed by atoms with Gasteiger partial charge in [0.25, 0.3) is 0 Å². The van der Waals surface area contributed by atoms with Crippen LogP contribution in [0.1, 0.15) is 35.3 Å². The lowest BCUT2D eigenvalue weighted by atomic mass is 10.1. The van der Waals surface area contributed by atoms with Gasteiger partial charge in [-0.05, 0) is 25.5 Å². The van der Waals surface area contributed by atoms with Crippen LogP contribution in [0.3, 0.4) is 0 Å². The zero-order chi connectivity index (χ0) is 22.9. The summed E-state index contributed by atoms with van der Waals surface area (Å²) in [5.41, 5.74) is 1.74. The van der Waals surface area contributed by atoms with Crippen LogP contribution in [-0.4, -0.2) is 46.4 Å². The number of aromatic nitrogens is 2. The summed E-state index contributed by atoms with van der Waals surface area (Å²) in [6.07, 6.45) is -0.328. The number of para-hydroxylation sites is 1. The summed E-state index contributed by atoms with van der Waals surface area (Å²) in [7, 11) is -3.64. The second-order valence-electron chi connectivity index (χ2n) is 7.92. The molecule has 3 atom stereocenters. The molecule has 10 nitrogen and oxygen atoms in total. The number of aliphatic hydroxyl groups excluding tert-OH is 1. The minimum absolute atomic E-state index is 0.0350. The minimum Gasteiger partial charge on any atom is -0.595 e. The van der Waals surface area contributed by atoms with Crippen LogP contribution in [-0.2, 0) is 22.1 Å². The summed E-state index contributed by atoms with van der Waals surface area (Å²) in [5.74, 6) is -0.173. The minimum atomic E-state index is -3.64. The van der Waals surface area contributed by atoms with Crippen molar-refractivity contribution in [2.75, 3.05) is 6.54 Å². The van der Waals surface area contributed by atoms with E-state index in [-0.39, 0.29) is 28.8 Å². The maximum atomic E-state index is 12.7. The predicted molar refractivity (Wildman–Crippen MR) is 112 cm³/mol. The SMILES string of the molecule is Cc1ccc(S(=O)(=O)Cc2noc([C@@H]3C[C@@H](O)CN3Cc3ccccc3[NH+]([O-])O)n2)cc1. The number of nitrogens with one attached hydrogen (secondary N) is 1. The highest BCUT2D eigenvalue weighted by Crippen LogP contribution is 2.33. The number of aryl methyl sites for hydroxylation is 1. The van der Waals surface area contributed by atoms with Crippen LogP contribution in [0.25, 0.3) is 0 Å². The monoisotopic (exact) mass is 460 g/mol. The first-order chi connectivity index (χ1) is 15.2. The zero-order valence-electron chi connectivity index (χ0n) is 17.4. The first kappa shape index (κ1) is 22.5. The summed E-state index contributed by atoms with van der Waals surface area (Å²) in [6, 6.07) is 12.7. The van der Waals surface area contributed by atoms with Crippen molar-refractivity contribution >= 4 is 15.5 Å². The Morgan fingerprint density at radius 3 is 2.66 bits per heavy atom. The summed E-state index contributed by atoms with van der Waals surface area (Å²) in [6.45, 7) is 2.44. The molecule has 1 saturated heterocycles. The van der Waals surface area contributed by atoms with Gasteiger partial charge in [-0.15, -0.1) is 0 Å². The molecule has 0 bridgehead atoms. The van der Waals surface area contributed by atoms with E-state index in [4.69, 9.17) is 4.52 Å². The number of benzene rings is 2. The van der Waals surface area contributed by atoms with E-state index < -0.39 is 33.0 Å². The maximum absolute atomic E-state index is 12.7. The summed E-state index contributed by atoms with van der Waals surface area (Å²) in [4.78, 5) is 6.32. The molecule has 0 radical (unpaired) electrons. The van der Waals surface area contributed by atoms with Crippen molar-refractivity contribution in [3.05, 3.63) is 76.6 Å². The zero-order valence-corrected chi connectivity index (χ0v) is 18.2. The van der Waals surface area contributed by atoms with E-state index in [0.717, 1.165) is 5.56 Å². The van der Waals surface area contributed by atoms with E-state index in [1.54, 1.807) is 42.5 Å². The van der Waals surface area contributed by atoms with Crippen LogP contribution in [0.2, 0.25) is 0 Å². The Balaban J connectivity index is 1.53. The molecule has 3 N–H and O–H groups in total. The van der Waals surface area contributed by atoms with Gasteiger partial charge in [0.2, 0.25) is 5.89 Å². The number of rotatable bonds is 7. The van der Waals surface area contributed by atoms with Gasteiger partial charge in [-0.3, -0.25) is 4.90 Å². The molecule has 2 heterocycles. The van der Waals surface area contributed by atoms with E-state index in [2.05, 4.69) is 10.1 Å². The van der Waals surface area contributed by atoms with Crippen molar-refractivity contribution in [1.29, 1.82) is 0 Å². The molecule has 3 aromatic rings. The lowest BCUT2D eigenvalue weighted by Gasteiger charge is -2.23. The molecule has 1 unspecified atom stereocenters. The van der Waals surface area contributed by atoms with Crippen LogP contribution < -0.4 is 5.23 Å². The largest absolute Gasteiger partial charge is 0.595 e. The van der Waals surface area contributed by atoms with Gasteiger partial charge in [0.05, 0.1) is 17.0 Å². The number of hydrogen-bond donors (Lipinski definition) is 3. The van der Waals surface area contributed by atoms with Crippen molar-refractivity contribution in [2.24, 2.45) is 0 Å². The van der Waals surface area contributed by atoms with Crippen molar-refractivity contribution in [3.8, 4) is 0 Å². The Morgan fingerprint density at radius 2 is 1.94 bits per heavy atom. The van der Waals surface area contributed by atoms with Gasteiger partial charge in [-0.1, -0.05) is 41.1 Å². The number of nitrogens with zero attached hydrogens (tertiary/aromatic N) is 3. The molecular weight excluding hydrogens is 436 g/mol. The number of quaternary nitrogens is 1. The Hall–Kier alpha value is -2.67. The van der Waals surface area contributed by atoms with Crippen molar-refractivity contribution in [1.82, 2.24) is 15.0 Å². The summed E-state index contributed by atoms with van der Waals surface area (Å²) < 4.78 is 30.7. The number of sulfone groups is 1. The molecule has 0 amide bonds. The number of likely N-dealkylation sites (tertiary alicyclic amines) is 1. The molecular formula is C21H24N4O6S. The Labute approximate surface area is 185 Å². The fourth-order valence-corrected chi connectivity index (χ4v) is 5.03. The van der Waals surface area contributed by atoms with Crippen molar-refractivity contribution in [2.45, 2.75) is 42.7 Å². The van der Waals surface area contributed by atoms with Crippen molar-refractivity contribution < 1.29 is 28.5 Å². The molecule has 32 heavy (non-hydrogen) atoms. The fraction of sp³-hybridized carbons (Fsp3) is 0.333. The second kappa shape index (κ2) is 9.06. The van der Waals surface area contributed by atoms with Gasteiger partial charge in [0, 0.05) is 24.7 Å². The van der Waals surface area contributed by atoms with Gasteiger partial charge in [-0.2, -0.15) is 10.2 Å². The van der Waals surface area contributed by atoms with Gasteiger partial charge >= 0.3 is 0 Å². The van der Waals surface area contributed by atoms with Gasteiger partial charge in [0.1, 0.15) is 5.75 Å². The van der Waals surface area contributed by atoms with Gasteiger partial charge in [-0.25, -0.2) is 13.6 Å². The highest BCUT2D eigenvalue weighted by Gasteiger charge is 2.36. The number of aliphatic hydroxyl groups is 1. The fourth-order valence-electron chi connectivity index (χ4n) is 3.86. The third kappa shape index (κ3) is 4.88. The van der Waals surface area contributed by atoms with Crippen LogP contribution >= 0.6 is 0 Å². The van der Waals surface area contributed by atoms with Gasteiger partial charge < -0.3 is 14.8 Å². The molecule has 0 saturated carbocycles. The van der Waals surface area contributed by atoms with Crippen LogP contribution in [0.4, 0.5) is 5.69 Å². The highest BCUT2D eigenvalue weighted by atomic mass is 32.2. The van der Waals surface area contributed by atoms with Crippen LogP contribution in [0.5, 0.6) is 0 Å². The third-order valence-electron chi connectivity index (χ3n) is 5.47. The third-order valence-corrected chi connectivity index (χ3v) is 7.10. The van der Waals surface area contributed by atoms with E-state index in [0.29, 0.717) is 18.5 Å². The molecule has 1 fully saturated rings. The van der Waals surface area contributed by atoms with Crippen LogP contribution in [0.15, 0.2) is 57.9 Å². The molecule has 4 rings (SSSR count). The summed E-state index contributed by atoms with van der Waals surface area (Å²) in [5, 5.41) is 34.0. The van der Waals surface area contributed by atoms with Crippen molar-refractivity contribution in [3.63, 3.8) is 0 Å². The number of hydrogen-bond acceptors (Lipinski definition) is 9. The average molecular weight is 461 g/mol. The lowest BCUT2D eigenvalue weighted by Crippen LogP contribution is -2.99. The normalized spacial score (nSPS) is 20.5. The predicted octanol–water partition coefficient (Wildman–Crippen LogP) is 1.06. The molecule has 170 valence electrons. The molecule has 2 aromatic carbocycles. The molecule has 0 aliphatic carbocycles. The van der Waals surface area contributed by atoms with E-state index >= 15 is 0 Å². The smallest absolute Gasteiger partial charge is 0.244 e. The lowest BCUT2D eigenvalue weighted by molar-refractivity contribution is -0.991. The highest BCUT2D eigenvalue weighted by molar-refractivity contribution is 7.90. The number of β-amino-alcohol motifs (C(OH)–C–C–N with tert-alkyl or cyclic N) is 1. The molecule has 1 aromatic heterocycles. The molecule has 0 spiro atoms. The maximum Gasteiger partial charge on any atom is 0.244 e. The van der Waals surface area contributed by atoms with Crippen LogP contribution in [0, 0.1) is 12.1 Å². The first-order valence-corrected chi connectivity index (χ1v) is 11.7. The summed E-state index contributed by atoms with van der Waals surface area (Å²) >= 11 is 0. The standard InChI is InChI=1S/C21H24N4O6S/c1-14-6-8-17(9-7-14)32(29,30)13-20-22-21(31-23-20)19-10-16(26)12-24(19)11-15-4-2-3-5-18(15)25(27)28/h2-9,16,19,25-27H,10-13H2,1H3/t16-,19+/m1/s1. The Morgan fingerprint density at radius 1 is 1.22 bits per heavy atom. The Kier molecular flexibility index (Phi) is 6.38. The molecule has 1 aliphatic heterocycles. The van der Waals surface area contributed by atoms with E-state index in [1.165, 1.54) is 6.07 Å². The van der Waals surface area contributed by atoms with E-state index in [9.17, 15) is 23.9 Å². The topological polar surface area (TPSA) is 144 Å². The second-order valence-corrected chi connectivity index (χ2v) is 9.91. The quantitative estimate of drug-likeness (QED) is 0.441. The van der Waals surface area contributed by atoms with Gasteiger partial charge in [0.15, 0.2) is 21.3 Å². The first-order valence-electron chi connectivity index (χ1n) is 10.1. The van der Waals surface area contributed by atoms with E-state index in [1.807, 2.05) is 11.8 Å². The average Bonchev–Trinajstić information content (AvgIpc) is 3.34.